The lowest BCUT2D eigenvalue weighted by Crippen LogP contribution is -2.46. The van der Waals surface area contributed by atoms with E-state index in [9.17, 15) is 9.65 Å². The highest BCUT2D eigenvalue weighted by molar-refractivity contribution is 6.74. The van der Waals surface area contributed by atoms with Crippen molar-refractivity contribution in [2.75, 3.05) is 6.61 Å². The zero-order valence-electron chi connectivity index (χ0n) is 18.6. The van der Waals surface area contributed by atoms with Gasteiger partial charge in [-0.1, -0.05) is 20.8 Å². The summed E-state index contributed by atoms with van der Waals surface area (Å²) in [6.45, 7) is 11.7. The first kappa shape index (κ1) is 21.5. The van der Waals surface area contributed by atoms with Crippen LogP contribution < -0.4 is 4.74 Å². The van der Waals surface area contributed by atoms with Gasteiger partial charge in [-0.25, -0.2) is 9.50 Å². The predicted octanol–water partition coefficient (Wildman–Crippen LogP) is 5.34. The minimum Gasteiger partial charge on any atom is -0.489 e. The van der Waals surface area contributed by atoms with Crippen molar-refractivity contribution in [1.29, 1.82) is 5.26 Å². The Morgan fingerprint density at radius 1 is 1.26 bits per heavy atom. The summed E-state index contributed by atoms with van der Waals surface area (Å²) < 4.78 is 27.8. The Bertz CT molecular complexity index is 1160. The molecule has 1 aliphatic rings. The summed E-state index contributed by atoms with van der Waals surface area (Å²) in [4.78, 5) is 3.75. The van der Waals surface area contributed by atoms with Crippen LogP contribution in [0.3, 0.4) is 0 Å². The molecule has 8 heteroatoms. The molecule has 0 N–H and O–H groups in total. The van der Waals surface area contributed by atoms with E-state index in [0.717, 1.165) is 12.8 Å². The zero-order chi connectivity index (χ0) is 22.4. The number of rotatable bonds is 6. The first-order valence-electron chi connectivity index (χ1n) is 10.4. The van der Waals surface area contributed by atoms with Crippen molar-refractivity contribution in [3.8, 4) is 22.9 Å². The number of pyridine rings is 2. The molecule has 0 bridgehead atoms. The summed E-state index contributed by atoms with van der Waals surface area (Å²) >= 11 is 0. The molecule has 1 aliphatic carbocycles. The van der Waals surface area contributed by atoms with Crippen LogP contribution in [0.2, 0.25) is 18.1 Å². The van der Waals surface area contributed by atoms with E-state index in [1.807, 2.05) is 6.07 Å². The van der Waals surface area contributed by atoms with Crippen LogP contribution in [0.5, 0.6) is 5.75 Å². The van der Waals surface area contributed by atoms with Crippen molar-refractivity contribution in [3.05, 3.63) is 48.3 Å². The average Bonchev–Trinajstić information content (AvgIpc) is 3.32. The average molecular weight is 439 g/mol. The number of nitrogens with zero attached hydrogens (tertiary/aromatic N) is 4. The first-order valence-corrected chi connectivity index (χ1v) is 13.3. The standard InChI is InChI=1S/C23H27FN4O2Si/c1-22(2,3)31(4,5)30-23(8-9-23)15-29-18-10-19(16-6-7-20(24)26-12-16)21-17(11-25)13-27-28(21)14-18/h6-7,10,12-14H,8-9,15H2,1-5H3. The lowest BCUT2D eigenvalue weighted by atomic mass is 10.1. The number of aromatic nitrogens is 3. The molecule has 0 atom stereocenters. The molecule has 0 aliphatic heterocycles. The van der Waals surface area contributed by atoms with Gasteiger partial charge in [0.2, 0.25) is 5.95 Å². The van der Waals surface area contributed by atoms with Crippen molar-refractivity contribution in [1.82, 2.24) is 14.6 Å². The molecule has 1 saturated carbocycles. The first-order chi connectivity index (χ1) is 14.5. The normalized spacial score (nSPS) is 15.6. The minimum atomic E-state index is -1.91. The summed E-state index contributed by atoms with van der Waals surface area (Å²) in [6.07, 6.45) is 6.70. The Morgan fingerprint density at radius 3 is 2.58 bits per heavy atom. The van der Waals surface area contributed by atoms with E-state index in [-0.39, 0.29) is 10.6 Å². The molecule has 31 heavy (non-hydrogen) atoms. The van der Waals surface area contributed by atoms with E-state index in [4.69, 9.17) is 9.16 Å². The van der Waals surface area contributed by atoms with Crippen molar-refractivity contribution < 1.29 is 13.6 Å². The van der Waals surface area contributed by atoms with Gasteiger partial charge in [0.15, 0.2) is 8.32 Å². The van der Waals surface area contributed by atoms with Gasteiger partial charge in [-0.05, 0) is 49.2 Å². The summed E-state index contributed by atoms with van der Waals surface area (Å²) in [6, 6.07) is 6.96. The minimum absolute atomic E-state index is 0.132. The molecule has 0 spiro atoms. The Balaban J connectivity index is 1.64. The summed E-state index contributed by atoms with van der Waals surface area (Å²) in [5.74, 6) is 0.0594. The maximum atomic E-state index is 13.3. The molecule has 0 radical (unpaired) electrons. The second-order valence-corrected chi connectivity index (χ2v) is 14.5. The van der Waals surface area contributed by atoms with Crippen LogP contribution in [0.1, 0.15) is 39.2 Å². The second-order valence-electron chi connectivity index (χ2n) is 9.76. The number of nitriles is 1. The fourth-order valence-corrected chi connectivity index (χ4v) is 4.99. The Hall–Kier alpha value is -2.76. The third kappa shape index (κ3) is 4.20. The molecular formula is C23H27FN4O2Si. The summed E-state index contributed by atoms with van der Waals surface area (Å²) in [7, 11) is -1.91. The highest BCUT2D eigenvalue weighted by Crippen LogP contribution is 2.48. The second kappa shape index (κ2) is 7.43. The quantitative estimate of drug-likeness (QED) is 0.384. The van der Waals surface area contributed by atoms with E-state index in [2.05, 4.69) is 50.0 Å². The number of fused-ring (bicyclic) bond motifs is 1. The topological polar surface area (TPSA) is 72.4 Å². The van der Waals surface area contributed by atoms with Crippen LogP contribution in [-0.2, 0) is 4.43 Å². The zero-order valence-corrected chi connectivity index (χ0v) is 19.6. The lowest BCUT2D eigenvalue weighted by Gasteiger charge is -2.39. The fraction of sp³-hybridized carbons (Fsp3) is 0.435. The van der Waals surface area contributed by atoms with E-state index < -0.39 is 14.3 Å². The number of hydrogen-bond acceptors (Lipinski definition) is 5. The third-order valence-electron chi connectivity index (χ3n) is 6.33. The van der Waals surface area contributed by atoms with Crippen molar-refractivity contribution in [3.63, 3.8) is 0 Å². The molecular weight excluding hydrogens is 411 g/mol. The third-order valence-corrected chi connectivity index (χ3v) is 10.9. The Labute approximate surface area is 182 Å². The predicted molar refractivity (Wildman–Crippen MR) is 119 cm³/mol. The molecule has 0 unspecified atom stereocenters. The smallest absolute Gasteiger partial charge is 0.212 e. The maximum absolute atomic E-state index is 13.3. The fourth-order valence-electron chi connectivity index (χ4n) is 3.34. The van der Waals surface area contributed by atoms with Crippen molar-refractivity contribution >= 4 is 13.8 Å². The largest absolute Gasteiger partial charge is 0.489 e. The van der Waals surface area contributed by atoms with Gasteiger partial charge in [-0.15, -0.1) is 0 Å². The van der Waals surface area contributed by atoms with Crippen LogP contribution in [-0.4, -0.2) is 35.1 Å². The van der Waals surface area contributed by atoms with E-state index >= 15 is 0 Å². The molecule has 3 aromatic heterocycles. The van der Waals surface area contributed by atoms with Crippen molar-refractivity contribution in [2.24, 2.45) is 0 Å². The monoisotopic (exact) mass is 438 g/mol. The summed E-state index contributed by atoms with van der Waals surface area (Å²) in [5.41, 5.74) is 2.24. The van der Waals surface area contributed by atoms with E-state index in [0.29, 0.717) is 34.6 Å². The molecule has 6 nitrogen and oxygen atoms in total. The highest BCUT2D eigenvalue weighted by atomic mass is 28.4. The van der Waals surface area contributed by atoms with E-state index in [1.165, 1.54) is 18.5 Å². The molecule has 3 aromatic rings. The highest BCUT2D eigenvalue weighted by Gasteiger charge is 2.52. The van der Waals surface area contributed by atoms with Crippen LogP contribution in [0.4, 0.5) is 4.39 Å². The Kier molecular flexibility index (Phi) is 5.14. The lowest BCUT2D eigenvalue weighted by molar-refractivity contribution is 0.0939. The van der Waals surface area contributed by atoms with Crippen LogP contribution in [0.15, 0.2) is 36.8 Å². The molecule has 1 fully saturated rings. The Morgan fingerprint density at radius 2 is 2.00 bits per heavy atom. The van der Waals surface area contributed by atoms with Crippen LogP contribution in [0.25, 0.3) is 16.6 Å². The van der Waals surface area contributed by atoms with Gasteiger partial charge in [-0.2, -0.15) is 14.8 Å². The SMILES string of the molecule is CC(C)(C)[Si](C)(C)OC1(COc2cc(-c3ccc(F)nc3)c3c(C#N)cnn3c2)CC1. The molecule has 0 amide bonds. The van der Waals surface area contributed by atoms with Crippen molar-refractivity contribution in [2.45, 2.75) is 57.3 Å². The van der Waals surface area contributed by atoms with E-state index in [1.54, 1.807) is 16.8 Å². The van der Waals surface area contributed by atoms with Gasteiger partial charge in [0.25, 0.3) is 0 Å². The molecule has 4 rings (SSSR count). The molecule has 0 aromatic carbocycles. The van der Waals surface area contributed by atoms with Gasteiger partial charge in [-0.3, -0.25) is 0 Å². The van der Waals surface area contributed by atoms with Crippen LogP contribution in [0, 0.1) is 17.3 Å². The number of halogens is 1. The molecule has 3 heterocycles. The molecule has 162 valence electrons. The molecule has 0 saturated heterocycles. The van der Waals surface area contributed by atoms with Gasteiger partial charge in [0.05, 0.1) is 29.1 Å². The maximum Gasteiger partial charge on any atom is 0.212 e. The number of ether oxygens (including phenoxy) is 1. The van der Waals surface area contributed by atoms with Crippen LogP contribution >= 0.6 is 0 Å². The van der Waals surface area contributed by atoms with Gasteiger partial charge in [0, 0.05) is 17.3 Å². The van der Waals surface area contributed by atoms with Gasteiger partial charge < -0.3 is 9.16 Å². The summed E-state index contributed by atoms with van der Waals surface area (Å²) in [5, 5.41) is 13.9. The van der Waals surface area contributed by atoms with Gasteiger partial charge in [0.1, 0.15) is 18.4 Å². The number of hydrogen-bond donors (Lipinski definition) is 0. The van der Waals surface area contributed by atoms with Gasteiger partial charge >= 0.3 is 0 Å².